The van der Waals surface area contributed by atoms with Crippen molar-refractivity contribution in [3.8, 4) is 89.0 Å². The summed E-state index contributed by atoms with van der Waals surface area (Å²) in [7, 11) is 0. The van der Waals surface area contributed by atoms with Gasteiger partial charge in [-0.3, -0.25) is 0 Å². The van der Waals surface area contributed by atoms with Crippen LogP contribution >= 0.6 is 0 Å². The number of hydrogen-bond acceptors (Lipinski definition) is 2. The van der Waals surface area contributed by atoms with E-state index in [1.54, 1.807) is 0 Å². The first-order chi connectivity index (χ1) is 56.8. The Bertz CT molecular complexity index is 7210. The summed E-state index contributed by atoms with van der Waals surface area (Å²) < 4.78 is 99.9. The summed E-state index contributed by atoms with van der Waals surface area (Å²) in [6.07, 6.45) is 0. The minimum Gasteiger partial charge on any atom is -0.455 e. The number of furan rings is 2. The smallest absolute Gasteiger partial charge is 0.143 e. The lowest BCUT2D eigenvalue weighted by Gasteiger charge is -2.17. The molecule has 0 atom stereocenters. The number of hydrogen-bond donors (Lipinski definition) is 0. The van der Waals surface area contributed by atoms with Gasteiger partial charge in [-0.25, -0.2) is 0 Å². The summed E-state index contributed by atoms with van der Waals surface area (Å²) in [6.45, 7) is 0. The predicted molar refractivity (Wildman–Crippen MR) is 451 cm³/mol. The third kappa shape index (κ3) is 9.66. The molecule has 0 radical (unpaired) electrons. The monoisotopic (exact) mass is 1350 g/mol. The van der Waals surface area contributed by atoms with Crippen molar-refractivity contribution >= 4 is 130 Å². The molecule has 0 aliphatic heterocycles. The molecule has 0 saturated carbocycles. The van der Waals surface area contributed by atoms with Crippen molar-refractivity contribution in [1.82, 2.24) is 0 Å². The molecule has 0 aliphatic carbocycles. The van der Waals surface area contributed by atoms with Crippen LogP contribution < -0.4 is 0 Å². The summed E-state index contributed by atoms with van der Waals surface area (Å²) in [5.74, 6) is 0. The lowest BCUT2D eigenvalue weighted by atomic mass is 9.85. The van der Waals surface area contributed by atoms with Gasteiger partial charge in [0, 0.05) is 43.8 Å². The van der Waals surface area contributed by atoms with Gasteiger partial charge in [-0.05, 0) is 177 Å². The molecule has 2 heteroatoms. The van der Waals surface area contributed by atoms with Crippen LogP contribution in [-0.2, 0) is 0 Å². The molecule has 0 unspecified atom stereocenters. The van der Waals surface area contributed by atoms with Crippen LogP contribution in [0.5, 0.6) is 0 Å². The van der Waals surface area contributed by atoms with E-state index in [2.05, 4.69) is 255 Å². The Morgan fingerprint density at radius 2 is 0.387 bits per heavy atom. The summed E-state index contributed by atoms with van der Waals surface area (Å²) in [5, 5.41) is 20.3. The average molecular weight is 1360 g/mol. The Balaban J connectivity index is 0.000000145. The maximum atomic E-state index is 8.93. The van der Waals surface area contributed by atoms with Gasteiger partial charge in [-0.2, -0.15) is 0 Å². The third-order valence-electron chi connectivity index (χ3n) is 21.5. The van der Waals surface area contributed by atoms with Gasteiger partial charge in [0.1, 0.15) is 22.3 Å². The van der Waals surface area contributed by atoms with Crippen LogP contribution in [0.4, 0.5) is 0 Å². The predicted octanol–water partition coefficient (Wildman–Crippen LogP) is 29.7. The highest BCUT2D eigenvalue weighted by Crippen LogP contribution is 2.52. The first-order valence-corrected chi connectivity index (χ1v) is 35.7. The van der Waals surface area contributed by atoms with Crippen LogP contribution in [0, 0.1) is 0 Å². The summed E-state index contributed by atoms with van der Waals surface area (Å²) in [5.41, 5.74) is 18.0. The van der Waals surface area contributed by atoms with Crippen LogP contribution in [0.2, 0.25) is 0 Å². The van der Waals surface area contributed by atoms with Crippen LogP contribution in [-0.4, -0.2) is 0 Å². The lowest BCUT2D eigenvalue weighted by Crippen LogP contribution is -1.91. The Hall–Kier alpha value is -13.9. The Labute approximate surface area is 626 Å². The highest BCUT2D eigenvalue weighted by Gasteiger charge is 2.25. The SMILES string of the molecule is [2H]c1c([2H])c([2H])c(-c2c3ccccc3c(-c3ccc4oc5c(-c6c7ccccc7c(-c7ccccc7)c7ccccc67)cccc5c4c3)c3ccccc23)c([2H])c1[2H].[2H]c1c([2H])c([2H])c(-c2c3ccccc3c(-c3ccc4oc5c(-c6c7ccccc7c(-c7ccccc7)c7ccccc67)cccc5c4c3)c3ccccc23)c([2H])c1[2H]. The van der Waals surface area contributed by atoms with Crippen molar-refractivity contribution < 1.29 is 22.5 Å². The molecule has 0 fully saturated rings. The van der Waals surface area contributed by atoms with Crippen molar-refractivity contribution in [3.05, 3.63) is 388 Å². The van der Waals surface area contributed by atoms with E-state index in [-0.39, 0.29) is 59.5 Å². The summed E-state index contributed by atoms with van der Waals surface area (Å²) >= 11 is 0. The van der Waals surface area contributed by atoms with E-state index in [0.29, 0.717) is 11.1 Å². The van der Waals surface area contributed by atoms with E-state index in [1.165, 1.54) is 43.8 Å². The zero-order chi connectivity index (χ0) is 78.5. The third-order valence-corrected chi connectivity index (χ3v) is 21.5. The second kappa shape index (κ2) is 25.0. The molecule has 20 aromatic carbocycles. The second-order valence-corrected chi connectivity index (χ2v) is 27.1. The summed E-state index contributed by atoms with van der Waals surface area (Å²) in [4.78, 5) is 0. The van der Waals surface area contributed by atoms with Gasteiger partial charge in [-0.15, -0.1) is 0 Å². The van der Waals surface area contributed by atoms with Crippen LogP contribution in [0.15, 0.2) is 397 Å². The minimum atomic E-state index is -0.404. The maximum Gasteiger partial charge on any atom is 0.143 e. The fourth-order valence-corrected chi connectivity index (χ4v) is 17.1. The molecule has 0 spiro atoms. The molecule has 0 amide bonds. The Morgan fingerprint density at radius 3 is 0.660 bits per heavy atom. The topological polar surface area (TPSA) is 26.3 Å². The minimum absolute atomic E-state index is 0.200. The summed E-state index contributed by atoms with van der Waals surface area (Å²) in [6, 6.07) is 110. The van der Waals surface area contributed by atoms with Crippen molar-refractivity contribution in [1.29, 1.82) is 0 Å². The van der Waals surface area contributed by atoms with Crippen molar-refractivity contribution in [2.24, 2.45) is 0 Å². The number of benzene rings is 20. The van der Waals surface area contributed by atoms with Crippen LogP contribution in [0.25, 0.3) is 219 Å². The molecule has 22 aromatic rings. The van der Waals surface area contributed by atoms with Gasteiger partial charge in [0.05, 0.1) is 13.7 Å². The zero-order valence-electron chi connectivity index (χ0n) is 67.0. The lowest BCUT2D eigenvalue weighted by molar-refractivity contribution is 0.670. The molecule has 0 N–H and O–H groups in total. The molecule has 0 aliphatic rings. The molecule has 2 nitrogen and oxygen atoms in total. The molecule has 106 heavy (non-hydrogen) atoms. The second-order valence-electron chi connectivity index (χ2n) is 27.1. The first kappa shape index (κ1) is 51.3. The largest absolute Gasteiger partial charge is 0.455 e. The van der Waals surface area contributed by atoms with Crippen LogP contribution in [0.3, 0.4) is 0 Å². The average Bonchev–Trinajstić information content (AvgIpc) is 1.19. The fourth-order valence-electron chi connectivity index (χ4n) is 17.1. The van der Waals surface area contributed by atoms with Crippen molar-refractivity contribution in [2.75, 3.05) is 0 Å². The fraction of sp³-hybridized carbons (Fsp3) is 0. The van der Waals surface area contributed by atoms with E-state index in [4.69, 9.17) is 22.5 Å². The first-order valence-electron chi connectivity index (χ1n) is 40.7. The number of para-hydroxylation sites is 2. The molecule has 0 bridgehead atoms. The highest BCUT2D eigenvalue weighted by molar-refractivity contribution is 6.29. The van der Waals surface area contributed by atoms with E-state index >= 15 is 0 Å². The molecule has 492 valence electrons. The quantitative estimate of drug-likeness (QED) is 0.142. The van der Waals surface area contributed by atoms with Crippen molar-refractivity contribution in [3.63, 3.8) is 0 Å². The van der Waals surface area contributed by atoms with E-state index < -0.39 is 12.1 Å². The Morgan fingerprint density at radius 1 is 0.160 bits per heavy atom. The molecular weight excluding hydrogens is 1280 g/mol. The Kier molecular flexibility index (Phi) is 12.1. The molecule has 0 saturated heterocycles. The van der Waals surface area contributed by atoms with E-state index in [1.807, 2.05) is 72.8 Å². The van der Waals surface area contributed by atoms with Gasteiger partial charge in [0.15, 0.2) is 0 Å². The van der Waals surface area contributed by atoms with Crippen LogP contribution in [0.1, 0.15) is 13.7 Å². The van der Waals surface area contributed by atoms with E-state index in [0.717, 1.165) is 153 Å². The van der Waals surface area contributed by atoms with Crippen molar-refractivity contribution in [2.45, 2.75) is 0 Å². The van der Waals surface area contributed by atoms with Gasteiger partial charge < -0.3 is 8.83 Å². The molecule has 2 aromatic heterocycles. The standard InChI is InChI=1S/2C52H32O/c2*1-3-16-33(17-4-1)48-36-20-7-9-22-38(36)50(39-23-10-8-21-37(39)48)35-30-31-47-46(32-35)44-28-15-29-45(52(44)53-47)51-42-26-13-11-24-40(42)49(34-18-5-2-6-19-34)41-25-12-14-27-43(41)51/h2*1-32H/i2*1D,3D,4D,16D,17D. The van der Waals surface area contributed by atoms with Gasteiger partial charge in [0.2, 0.25) is 0 Å². The number of rotatable bonds is 8. The maximum absolute atomic E-state index is 8.93. The normalized spacial score (nSPS) is 13.1. The van der Waals surface area contributed by atoms with Gasteiger partial charge in [0.25, 0.3) is 0 Å². The zero-order valence-corrected chi connectivity index (χ0v) is 57.0. The van der Waals surface area contributed by atoms with Gasteiger partial charge in [-0.1, -0.05) is 364 Å². The van der Waals surface area contributed by atoms with Gasteiger partial charge >= 0.3 is 0 Å². The number of fused-ring (bicyclic) bond motifs is 14. The molecular formula is C104H64O2. The highest BCUT2D eigenvalue weighted by atomic mass is 16.3. The molecule has 22 rings (SSSR count). The molecule has 2 heterocycles. The van der Waals surface area contributed by atoms with E-state index in [9.17, 15) is 0 Å².